The van der Waals surface area contributed by atoms with Gasteiger partial charge in [-0.15, -0.1) is 0 Å². The standard InChI is InChI=1S/C23H29N3O2/c27-23(24-16-18-9-10-19-7-4-8-21(19)15-18)25-22(20-5-2-1-3-6-20)17-26-11-13-28-14-12-26/h1-3,5-6,9-10,15,22H,4,7-8,11-14,16-17H2,(H2,24,25,27). The average Bonchev–Trinajstić information content (AvgIpc) is 3.21. The lowest BCUT2D eigenvalue weighted by molar-refractivity contribution is 0.0340. The maximum Gasteiger partial charge on any atom is 0.315 e. The second-order valence-electron chi connectivity index (χ2n) is 7.66. The molecule has 5 nitrogen and oxygen atoms in total. The summed E-state index contributed by atoms with van der Waals surface area (Å²) in [4.78, 5) is 15.0. The number of benzene rings is 2. The average molecular weight is 380 g/mol. The van der Waals surface area contributed by atoms with Crippen LogP contribution in [0.15, 0.2) is 48.5 Å². The highest BCUT2D eigenvalue weighted by Crippen LogP contribution is 2.22. The van der Waals surface area contributed by atoms with E-state index in [4.69, 9.17) is 4.74 Å². The van der Waals surface area contributed by atoms with Crippen molar-refractivity contribution in [1.82, 2.24) is 15.5 Å². The third-order valence-electron chi connectivity index (χ3n) is 5.67. The Labute approximate surface area is 167 Å². The topological polar surface area (TPSA) is 53.6 Å². The molecule has 5 heteroatoms. The van der Waals surface area contributed by atoms with Crippen LogP contribution in [-0.4, -0.2) is 43.8 Å². The van der Waals surface area contributed by atoms with E-state index in [1.165, 1.54) is 29.5 Å². The quantitative estimate of drug-likeness (QED) is 0.811. The summed E-state index contributed by atoms with van der Waals surface area (Å²) in [7, 11) is 0. The molecule has 1 heterocycles. The molecule has 2 N–H and O–H groups in total. The highest BCUT2D eigenvalue weighted by atomic mass is 16.5. The van der Waals surface area contributed by atoms with Gasteiger partial charge in [-0.05, 0) is 41.5 Å². The monoisotopic (exact) mass is 379 g/mol. The number of hydrogen-bond donors (Lipinski definition) is 2. The highest BCUT2D eigenvalue weighted by molar-refractivity contribution is 5.74. The largest absolute Gasteiger partial charge is 0.379 e. The molecule has 2 aromatic carbocycles. The molecule has 0 saturated carbocycles. The molecule has 4 rings (SSSR count). The number of ether oxygens (including phenoxy) is 1. The van der Waals surface area contributed by atoms with Gasteiger partial charge in [-0.25, -0.2) is 4.79 Å². The number of hydrogen-bond acceptors (Lipinski definition) is 3. The molecule has 1 unspecified atom stereocenters. The Kier molecular flexibility index (Phi) is 6.24. The first-order valence-electron chi connectivity index (χ1n) is 10.3. The smallest absolute Gasteiger partial charge is 0.315 e. The van der Waals surface area contributed by atoms with Crippen LogP contribution in [0.1, 0.15) is 34.7 Å². The first-order chi connectivity index (χ1) is 13.8. The predicted octanol–water partition coefficient (Wildman–Crippen LogP) is 3.05. The van der Waals surface area contributed by atoms with Crippen LogP contribution in [0.2, 0.25) is 0 Å². The van der Waals surface area contributed by atoms with Gasteiger partial charge in [0, 0.05) is 26.2 Å². The van der Waals surface area contributed by atoms with E-state index in [1.807, 2.05) is 18.2 Å². The Hall–Kier alpha value is -2.37. The van der Waals surface area contributed by atoms with Crippen molar-refractivity contribution < 1.29 is 9.53 Å². The molecule has 28 heavy (non-hydrogen) atoms. The highest BCUT2D eigenvalue weighted by Gasteiger charge is 2.20. The van der Waals surface area contributed by atoms with Crippen molar-refractivity contribution in [2.24, 2.45) is 0 Å². The van der Waals surface area contributed by atoms with Crippen LogP contribution in [-0.2, 0) is 24.1 Å². The van der Waals surface area contributed by atoms with Crippen LogP contribution in [0.4, 0.5) is 4.79 Å². The lowest BCUT2D eigenvalue weighted by Crippen LogP contribution is -2.45. The zero-order valence-corrected chi connectivity index (χ0v) is 16.3. The summed E-state index contributed by atoms with van der Waals surface area (Å²) in [6.45, 7) is 4.67. The van der Waals surface area contributed by atoms with Gasteiger partial charge in [0.1, 0.15) is 0 Å². The van der Waals surface area contributed by atoms with E-state index in [-0.39, 0.29) is 12.1 Å². The SMILES string of the molecule is O=C(NCc1ccc2c(c1)CCC2)NC(CN1CCOCC1)c1ccccc1. The Morgan fingerprint density at radius 3 is 2.64 bits per heavy atom. The van der Waals surface area contributed by atoms with Crippen LogP contribution >= 0.6 is 0 Å². The number of fused-ring (bicyclic) bond motifs is 1. The molecule has 0 radical (unpaired) electrons. The van der Waals surface area contributed by atoms with Crippen molar-refractivity contribution in [3.63, 3.8) is 0 Å². The van der Waals surface area contributed by atoms with E-state index < -0.39 is 0 Å². The van der Waals surface area contributed by atoms with Gasteiger partial charge in [0.15, 0.2) is 0 Å². The Morgan fingerprint density at radius 1 is 1.04 bits per heavy atom. The minimum absolute atomic E-state index is 0.0423. The van der Waals surface area contributed by atoms with Gasteiger partial charge in [0.25, 0.3) is 0 Å². The van der Waals surface area contributed by atoms with E-state index >= 15 is 0 Å². The number of amides is 2. The summed E-state index contributed by atoms with van der Waals surface area (Å²) in [5, 5.41) is 6.21. The Morgan fingerprint density at radius 2 is 1.82 bits per heavy atom. The first kappa shape index (κ1) is 19.0. The van der Waals surface area contributed by atoms with Crippen molar-refractivity contribution >= 4 is 6.03 Å². The molecule has 1 fully saturated rings. The van der Waals surface area contributed by atoms with Crippen LogP contribution in [0, 0.1) is 0 Å². The summed E-state index contributed by atoms with van der Waals surface area (Å²) >= 11 is 0. The van der Waals surface area contributed by atoms with Crippen molar-refractivity contribution in [3.8, 4) is 0 Å². The molecule has 1 aliphatic carbocycles. The number of rotatable bonds is 6. The molecule has 2 amide bonds. The van der Waals surface area contributed by atoms with Gasteiger partial charge in [-0.1, -0.05) is 48.5 Å². The Bertz CT molecular complexity index is 788. The van der Waals surface area contributed by atoms with Crippen molar-refractivity contribution in [2.75, 3.05) is 32.8 Å². The van der Waals surface area contributed by atoms with Gasteiger partial charge in [-0.2, -0.15) is 0 Å². The fraction of sp³-hybridized carbons (Fsp3) is 0.435. The fourth-order valence-corrected chi connectivity index (χ4v) is 4.09. The summed E-state index contributed by atoms with van der Waals surface area (Å²) < 4.78 is 5.45. The van der Waals surface area contributed by atoms with E-state index in [0.29, 0.717) is 6.54 Å². The first-order valence-corrected chi connectivity index (χ1v) is 10.3. The minimum Gasteiger partial charge on any atom is -0.379 e. The zero-order valence-electron chi connectivity index (χ0n) is 16.3. The van der Waals surface area contributed by atoms with E-state index in [9.17, 15) is 4.79 Å². The predicted molar refractivity (Wildman–Crippen MR) is 110 cm³/mol. The van der Waals surface area contributed by atoms with Gasteiger partial charge >= 0.3 is 6.03 Å². The molecular formula is C23H29N3O2. The molecule has 1 atom stereocenters. The van der Waals surface area contributed by atoms with Crippen molar-refractivity contribution in [1.29, 1.82) is 0 Å². The minimum atomic E-state index is -0.123. The van der Waals surface area contributed by atoms with E-state index in [0.717, 1.165) is 44.8 Å². The van der Waals surface area contributed by atoms with Gasteiger partial charge < -0.3 is 15.4 Å². The lowest BCUT2D eigenvalue weighted by Gasteiger charge is -2.31. The number of carbonyl (C=O) groups is 1. The fourth-order valence-electron chi connectivity index (χ4n) is 4.09. The maximum atomic E-state index is 12.6. The normalized spacial score (nSPS) is 17.7. The van der Waals surface area contributed by atoms with Crippen LogP contribution in [0.5, 0.6) is 0 Å². The number of nitrogens with zero attached hydrogens (tertiary/aromatic N) is 1. The maximum absolute atomic E-state index is 12.6. The van der Waals surface area contributed by atoms with E-state index in [2.05, 4.69) is 45.9 Å². The molecule has 148 valence electrons. The molecule has 2 aromatic rings. The van der Waals surface area contributed by atoms with E-state index in [1.54, 1.807) is 0 Å². The lowest BCUT2D eigenvalue weighted by atomic mass is 10.1. The molecule has 1 aliphatic heterocycles. The third-order valence-corrected chi connectivity index (χ3v) is 5.67. The number of aryl methyl sites for hydroxylation is 2. The number of nitrogens with one attached hydrogen (secondary N) is 2. The third kappa shape index (κ3) is 4.91. The Balaban J connectivity index is 1.36. The summed E-state index contributed by atoms with van der Waals surface area (Å²) in [5.41, 5.74) is 5.19. The molecule has 0 spiro atoms. The second kappa shape index (κ2) is 9.22. The molecule has 0 bridgehead atoms. The zero-order chi connectivity index (χ0) is 19.2. The molecule has 1 saturated heterocycles. The van der Waals surface area contributed by atoms with Gasteiger partial charge in [0.05, 0.1) is 19.3 Å². The van der Waals surface area contributed by atoms with Crippen LogP contribution in [0.25, 0.3) is 0 Å². The van der Waals surface area contributed by atoms with Crippen LogP contribution < -0.4 is 10.6 Å². The molecule has 0 aromatic heterocycles. The van der Waals surface area contributed by atoms with Crippen molar-refractivity contribution in [2.45, 2.75) is 31.8 Å². The number of urea groups is 1. The number of carbonyl (C=O) groups excluding carboxylic acids is 1. The molecule has 2 aliphatic rings. The summed E-state index contributed by atoms with van der Waals surface area (Å²) in [5.74, 6) is 0. The summed E-state index contributed by atoms with van der Waals surface area (Å²) in [6, 6.07) is 16.6. The second-order valence-corrected chi connectivity index (χ2v) is 7.66. The van der Waals surface area contributed by atoms with Gasteiger partial charge in [-0.3, -0.25) is 4.90 Å². The van der Waals surface area contributed by atoms with Crippen molar-refractivity contribution in [3.05, 3.63) is 70.8 Å². The summed E-state index contributed by atoms with van der Waals surface area (Å²) in [6.07, 6.45) is 3.59. The van der Waals surface area contributed by atoms with Gasteiger partial charge in [0.2, 0.25) is 0 Å². The molecular weight excluding hydrogens is 350 g/mol. The van der Waals surface area contributed by atoms with Crippen LogP contribution in [0.3, 0.4) is 0 Å². The number of morpholine rings is 1.